The van der Waals surface area contributed by atoms with E-state index < -0.39 is 24.0 Å². The van der Waals surface area contributed by atoms with E-state index >= 15 is 0 Å². The third-order valence-corrected chi connectivity index (χ3v) is 11.1. The number of amides is 2. The molecule has 3 aliphatic rings. The lowest BCUT2D eigenvalue weighted by Gasteiger charge is -2.30. The molecule has 2 saturated heterocycles. The Labute approximate surface area is 301 Å². The van der Waals surface area contributed by atoms with Gasteiger partial charge >= 0.3 is 12.2 Å². The summed E-state index contributed by atoms with van der Waals surface area (Å²) in [7, 11) is 3.89. The van der Waals surface area contributed by atoms with E-state index in [9.17, 15) is 27.5 Å². The van der Waals surface area contributed by atoms with E-state index in [1.165, 1.54) is 12.5 Å². The molecular weight excluding hydrogens is 683 g/mol. The van der Waals surface area contributed by atoms with Gasteiger partial charge in [0.05, 0.1) is 30.5 Å². The Balaban J connectivity index is 1.26. The highest BCUT2D eigenvalue weighted by Gasteiger charge is 2.35. The number of piperidine rings is 2. The summed E-state index contributed by atoms with van der Waals surface area (Å²) in [6.45, 7) is 5.09. The van der Waals surface area contributed by atoms with Gasteiger partial charge in [0.25, 0.3) is 0 Å². The fourth-order valence-electron chi connectivity index (χ4n) is 7.22. The minimum atomic E-state index is -4.54. The molecule has 2 fully saturated rings. The number of carbonyl (C=O) groups is 1. The number of hydrogen-bond donors (Lipinski definition) is 2. The van der Waals surface area contributed by atoms with Crippen molar-refractivity contribution in [3.63, 3.8) is 0 Å². The number of thioether (sulfide) groups is 1. The molecule has 3 aliphatic heterocycles. The van der Waals surface area contributed by atoms with Crippen LogP contribution in [-0.2, 0) is 25.7 Å². The summed E-state index contributed by atoms with van der Waals surface area (Å²) in [5.41, 5.74) is 3.67. The second-order valence-corrected chi connectivity index (χ2v) is 15.2. The second kappa shape index (κ2) is 16.6. The molecule has 14 heteroatoms. The zero-order valence-corrected chi connectivity index (χ0v) is 30.3. The van der Waals surface area contributed by atoms with Gasteiger partial charge in [-0.05, 0) is 75.2 Å². The molecule has 51 heavy (non-hydrogen) atoms. The van der Waals surface area contributed by atoms with Crippen LogP contribution in [0.3, 0.4) is 0 Å². The summed E-state index contributed by atoms with van der Waals surface area (Å²) in [6.07, 6.45) is -1.22. The van der Waals surface area contributed by atoms with Gasteiger partial charge in [-0.15, -0.1) is 11.8 Å². The number of nitrogens with one attached hydrogen (secondary N) is 1. The first kappa shape index (κ1) is 37.4. The van der Waals surface area contributed by atoms with Gasteiger partial charge in [-0.25, -0.2) is 9.18 Å². The van der Waals surface area contributed by atoms with Gasteiger partial charge in [0.2, 0.25) is 0 Å². The van der Waals surface area contributed by atoms with Crippen LogP contribution in [0.1, 0.15) is 48.9 Å². The Hall–Kier alpha value is -3.33. The quantitative estimate of drug-likeness (QED) is 0.170. The molecule has 2 aromatic carbocycles. The monoisotopic (exact) mass is 731 g/mol. The molecule has 0 aliphatic carbocycles. The lowest BCUT2D eigenvalue weighted by Crippen LogP contribution is -2.40. The minimum Gasteiger partial charge on any atom is -0.390 e. The van der Waals surface area contributed by atoms with Gasteiger partial charge in [0.1, 0.15) is 6.17 Å². The number of alkyl halides is 4. The Morgan fingerprint density at radius 2 is 1.73 bits per heavy atom. The summed E-state index contributed by atoms with van der Waals surface area (Å²) in [4.78, 5) is 21.7. The summed E-state index contributed by atoms with van der Waals surface area (Å²) < 4.78 is 58.1. The largest absolute Gasteiger partial charge is 0.417 e. The van der Waals surface area contributed by atoms with Crippen molar-refractivity contribution in [1.29, 1.82) is 0 Å². The lowest BCUT2D eigenvalue weighted by atomic mass is 10.00. The number of aliphatic hydroxyl groups excluding tert-OH is 1. The SMILES string of the molecule is CN(C)c1ccc(NC(=O)N2CCc3c(c(-c4ccc(C(F)(F)F)c(SCCN5CCC(F)CC5)c4)nn3C[C@H](O)CN3CCCCC3)C2)cc1. The second-order valence-electron chi connectivity index (χ2n) is 14.1. The highest BCUT2D eigenvalue weighted by Crippen LogP contribution is 2.40. The van der Waals surface area contributed by atoms with Gasteiger partial charge in [-0.2, -0.15) is 18.3 Å². The van der Waals surface area contributed by atoms with E-state index in [-0.39, 0.29) is 24.0 Å². The Bertz CT molecular complexity index is 1620. The molecule has 3 aromatic rings. The van der Waals surface area contributed by atoms with Crippen LogP contribution < -0.4 is 10.2 Å². The van der Waals surface area contributed by atoms with Crippen molar-refractivity contribution in [3.8, 4) is 11.3 Å². The molecule has 2 N–H and O–H groups in total. The number of benzene rings is 2. The molecular formula is C37H49F4N7O2S. The Morgan fingerprint density at radius 3 is 2.41 bits per heavy atom. The standard InChI is InChI=1S/C37H49F4N7O2S/c1-44(2)29-9-7-28(8-10-29)42-36(50)47-19-14-33-31(25-47)35(43-48(33)24-30(49)23-46-15-4-3-5-16-46)26-6-11-32(37(39,40)41)34(22-26)51-21-20-45-17-12-27(38)13-18-45/h6-11,22,27,30,49H,3-5,12-21,23-25H2,1-2H3,(H,42,50)/t30-/m1/s1. The number of hydrogen-bond acceptors (Lipinski definition) is 7. The smallest absolute Gasteiger partial charge is 0.390 e. The Morgan fingerprint density at radius 1 is 1.00 bits per heavy atom. The number of halogens is 4. The van der Waals surface area contributed by atoms with Crippen molar-refractivity contribution in [2.45, 2.75) is 75.0 Å². The molecule has 0 radical (unpaired) electrons. The van der Waals surface area contributed by atoms with Crippen LogP contribution in [0.15, 0.2) is 47.4 Å². The number of aromatic nitrogens is 2. The first-order valence-electron chi connectivity index (χ1n) is 18.0. The van der Waals surface area contributed by atoms with Crippen LogP contribution in [0.5, 0.6) is 0 Å². The summed E-state index contributed by atoms with van der Waals surface area (Å²) in [5, 5.41) is 19.1. The van der Waals surface area contributed by atoms with Crippen molar-refractivity contribution in [3.05, 3.63) is 59.3 Å². The van der Waals surface area contributed by atoms with Crippen molar-refractivity contribution in [1.82, 2.24) is 24.5 Å². The van der Waals surface area contributed by atoms with E-state index in [0.717, 1.165) is 60.7 Å². The van der Waals surface area contributed by atoms with Crippen molar-refractivity contribution < 1.29 is 27.5 Å². The molecule has 2 amide bonds. The zero-order chi connectivity index (χ0) is 36.1. The molecule has 9 nitrogen and oxygen atoms in total. The highest BCUT2D eigenvalue weighted by atomic mass is 32.2. The normalized spacial score (nSPS) is 18.5. The first-order chi connectivity index (χ1) is 24.4. The van der Waals surface area contributed by atoms with Crippen LogP contribution >= 0.6 is 11.8 Å². The highest BCUT2D eigenvalue weighted by molar-refractivity contribution is 7.99. The fraction of sp³-hybridized carbons (Fsp3) is 0.568. The molecule has 0 spiro atoms. The molecule has 0 unspecified atom stereocenters. The number of rotatable bonds is 11. The molecule has 0 saturated carbocycles. The van der Waals surface area contributed by atoms with Crippen LogP contribution in [0.4, 0.5) is 33.7 Å². The average Bonchev–Trinajstić information content (AvgIpc) is 3.46. The van der Waals surface area contributed by atoms with Crippen LogP contribution in [0.25, 0.3) is 11.3 Å². The number of fused-ring (bicyclic) bond motifs is 1. The lowest BCUT2D eigenvalue weighted by molar-refractivity contribution is -0.139. The van der Waals surface area contributed by atoms with Gasteiger partial charge in [-0.3, -0.25) is 4.68 Å². The van der Waals surface area contributed by atoms with Crippen molar-refractivity contribution in [2.75, 3.05) is 75.9 Å². The third kappa shape index (κ3) is 9.57. The zero-order valence-electron chi connectivity index (χ0n) is 29.5. The first-order valence-corrected chi connectivity index (χ1v) is 19.0. The van der Waals surface area contributed by atoms with Crippen LogP contribution in [-0.4, -0.2) is 114 Å². The third-order valence-electron chi connectivity index (χ3n) is 10.1. The van der Waals surface area contributed by atoms with Crippen LogP contribution in [0, 0.1) is 0 Å². The van der Waals surface area contributed by atoms with Gasteiger partial charge in [-0.1, -0.05) is 12.5 Å². The van der Waals surface area contributed by atoms with E-state index in [1.807, 2.05) is 43.3 Å². The molecule has 4 heterocycles. The van der Waals surface area contributed by atoms with E-state index in [0.29, 0.717) is 74.7 Å². The summed E-state index contributed by atoms with van der Waals surface area (Å²) in [6, 6.07) is 11.4. The van der Waals surface area contributed by atoms with Crippen molar-refractivity contribution in [2.24, 2.45) is 0 Å². The maximum atomic E-state index is 14.2. The number of aliphatic hydroxyl groups is 1. The fourth-order valence-corrected chi connectivity index (χ4v) is 8.34. The van der Waals surface area contributed by atoms with Gasteiger partial charge in [0.15, 0.2) is 0 Å². The molecule has 1 atom stereocenters. The van der Waals surface area contributed by atoms with Gasteiger partial charge < -0.3 is 30.0 Å². The summed E-state index contributed by atoms with van der Waals surface area (Å²) in [5.74, 6) is 0.433. The van der Waals surface area contributed by atoms with E-state index in [2.05, 4.69) is 15.1 Å². The predicted molar refractivity (Wildman–Crippen MR) is 194 cm³/mol. The van der Waals surface area contributed by atoms with E-state index in [4.69, 9.17) is 5.10 Å². The molecule has 0 bridgehead atoms. The van der Waals surface area contributed by atoms with Gasteiger partial charge in [0, 0.05) is 92.1 Å². The molecule has 6 rings (SSSR count). The topological polar surface area (TPSA) is 80.1 Å². The number of anilines is 2. The number of urea groups is 1. The van der Waals surface area contributed by atoms with E-state index in [1.54, 1.807) is 15.6 Å². The number of nitrogens with zero attached hydrogens (tertiary/aromatic N) is 6. The molecule has 1 aromatic heterocycles. The molecule has 278 valence electrons. The Kier molecular flexibility index (Phi) is 12.2. The minimum absolute atomic E-state index is 0.111. The average molecular weight is 732 g/mol. The predicted octanol–water partition coefficient (Wildman–Crippen LogP) is 6.60. The maximum absolute atomic E-state index is 14.2. The maximum Gasteiger partial charge on any atom is 0.417 e. The number of carbonyl (C=O) groups excluding carboxylic acids is 1. The number of β-amino-alcohol motifs (C(OH)–C–C–N with tert-alkyl or cyclic N) is 1. The summed E-state index contributed by atoms with van der Waals surface area (Å²) >= 11 is 1.15. The number of likely N-dealkylation sites (tertiary alicyclic amines) is 2. The van der Waals surface area contributed by atoms with Crippen LogP contribution in [0.2, 0.25) is 0 Å². The van der Waals surface area contributed by atoms with Crippen molar-refractivity contribution >= 4 is 29.2 Å².